The van der Waals surface area contributed by atoms with Gasteiger partial charge in [-0.25, -0.2) is 4.79 Å². The van der Waals surface area contributed by atoms with Crippen molar-refractivity contribution in [2.45, 2.75) is 50.9 Å². The molecule has 0 saturated heterocycles. The van der Waals surface area contributed by atoms with Crippen LogP contribution in [0.1, 0.15) is 60.0 Å². The molecule has 172 valence electrons. The highest BCUT2D eigenvalue weighted by Gasteiger charge is 2.51. The first-order valence-electron chi connectivity index (χ1n) is 11.5. The van der Waals surface area contributed by atoms with Crippen LogP contribution in [0.25, 0.3) is 0 Å². The second-order valence-electron chi connectivity index (χ2n) is 10.1. The molecule has 2 aromatic carbocycles. The SMILES string of the molecule is Cc1cc(Cl)cc(C(=O)O)c1NC(=O)C(=O)Nc1ccc(C23CC4CC(CC(C4)C2)C3)cc1. The maximum Gasteiger partial charge on any atom is 0.337 e. The first kappa shape index (κ1) is 22.0. The largest absolute Gasteiger partial charge is 0.478 e. The Balaban J connectivity index is 1.27. The number of aromatic carboxylic acids is 1. The zero-order chi connectivity index (χ0) is 23.3. The van der Waals surface area contributed by atoms with Crippen LogP contribution in [0.2, 0.25) is 5.02 Å². The number of carboxylic acid groups (broad SMARTS) is 1. The van der Waals surface area contributed by atoms with Crippen molar-refractivity contribution in [1.29, 1.82) is 0 Å². The van der Waals surface area contributed by atoms with Gasteiger partial charge in [0, 0.05) is 10.7 Å². The second kappa shape index (κ2) is 8.17. The van der Waals surface area contributed by atoms with Crippen molar-refractivity contribution in [3.63, 3.8) is 0 Å². The molecule has 0 unspecified atom stereocenters. The van der Waals surface area contributed by atoms with Gasteiger partial charge in [0.25, 0.3) is 0 Å². The number of rotatable bonds is 4. The van der Waals surface area contributed by atoms with Gasteiger partial charge in [-0.2, -0.15) is 0 Å². The first-order chi connectivity index (χ1) is 15.7. The van der Waals surface area contributed by atoms with E-state index in [9.17, 15) is 19.5 Å². The maximum absolute atomic E-state index is 12.5. The van der Waals surface area contributed by atoms with Crippen molar-refractivity contribution in [1.82, 2.24) is 0 Å². The third-order valence-electron chi connectivity index (χ3n) is 7.77. The van der Waals surface area contributed by atoms with Gasteiger partial charge in [-0.05, 0) is 104 Å². The molecule has 6 rings (SSSR count). The second-order valence-corrected chi connectivity index (χ2v) is 10.6. The van der Waals surface area contributed by atoms with Crippen LogP contribution in [-0.4, -0.2) is 22.9 Å². The van der Waals surface area contributed by atoms with Crippen molar-refractivity contribution in [2.24, 2.45) is 17.8 Å². The van der Waals surface area contributed by atoms with Crippen molar-refractivity contribution in [2.75, 3.05) is 10.6 Å². The smallest absolute Gasteiger partial charge is 0.337 e. The van der Waals surface area contributed by atoms with Gasteiger partial charge < -0.3 is 15.7 Å². The zero-order valence-corrected chi connectivity index (χ0v) is 19.2. The molecule has 4 aliphatic rings. The fourth-order valence-corrected chi connectivity index (χ4v) is 7.08. The predicted molar refractivity (Wildman–Crippen MR) is 127 cm³/mol. The highest BCUT2D eigenvalue weighted by atomic mass is 35.5. The molecule has 4 bridgehead atoms. The normalized spacial score (nSPS) is 27.3. The number of halogens is 1. The summed E-state index contributed by atoms with van der Waals surface area (Å²) in [7, 11) is 0. The minimum atomic E-state index is -1.24. The minimum Gasteiger partial charge on any atom is -0.478 e. The van der Waals surface area contributed by atoms with Crippen LogP contribution >= 0.6 is 11.6 Å². The van der Waals surface area contributed by atoms with Crippen LogP contribution in [0.3, 0.4) is 0 Å². The van der Waals surface area contributed by atoms with E-state index in [-0.39, 0.29) is 21.7 Å². The summed E-state index contributed by atoms with van der Waals surface area (Å²) in [4.78, 5) is 36.5. The molecule has 0 atom stereocenters. The lowest BCUT2D eigenvalue weighted by molar-refractivity contribution is -0.133. The Kier molecular flexibility index (Phi) is 5.44. The molecule has 4 fully saturated rings. The van der Waals surface area contributed by atoms with E-state index in [1.54, 1.807) is 6.92 Å². The Hall–Kier alpha value is -2.86. The number of carboxylic acids is 1. The van der Waals surface area contributed by atoms with E-state index in [4.69, 9.17) is 11.6 Å². The molecular weight excluding hydrogens is 440 g/mol. The Morgan fingerprint density at radius 1 is 0.909 bits per heavy atom. The molecule has 0 spiro atoms. The van der Waals surface area contributed by atoms with Crippen molar-refractivity contribution >= 4 is 40.8 Å². The predicted octanol–water partition coefficient (Wildman–Crippen LogP) is 5.39. The van der Waals surface area contributed by atoms with E-state index in [0.717, 1.165) is 17.8 Å². The molecule has 0 radical (unpaired) electrons. The van der Waals surface area contributed by atoms with Gasteiger partial charge in [0.1, 0.15) is 0 Å². The van der Waals surface area contributed by atoms with Crippen LogP contribution in [0.4, 0.5) is 11.4 Å². The monoisotopic (exact) mass is 466 g/mol. The molecule has 2 amide bonds. The Morgan fingerprint density at radius 2 is 1.45 bits per heavy atom. The summed E-state index contributed by atoms with van der Waals surface area (Å²) in [5.74, 6) is -0.475. The molecule has 33 heavy (non-hydrogen) atoms. The number of benzene rings is 2. The van der Waals surface area contributed by atoms with Crippen molar-refractivity contribution < 1.29 is 19.5 Å². The van der Waals surface area contributed by atoms with E-state index in [0.29, 0.717) is 11.3 Å². The molecule has 0 aliphatic heterocycles. The fourth-order valence-electron chi connectivity index (χ4n) is 6.81. The van der Waals surface area contributed by atoms with E-state index < -0.39 is 17.8 Å². The van der Waals surface area contributed by atoms with Crippen LogP contribution in [0.5, 0.6) is 0 Å². The number of hydrogen-bond acceptors (Lipinski definition) is 3. The third-order valence-corrected chi connectivity index (χ3v) is 7.99. The van der Waals surface area contributed by atoms with Gasteiger partial charge in [0.2, 0.25) is 0 Å². The molecular formula is C26H27ClN2O4. The van der Waals surface area contributed by atoms with Gasteiger partial charge in [-0.15, -0.1) is 0 Å². The Bertz CT molecular complexity index is 1110. The maximum atomic E-state index is 12.5. The van der Waals surface area contributed by atoms with Gasteiger partial charge >= 0.3 is 17.8 Å². The quantitative estimate of drug-likeness (QED) is 0.526. The molecule has 2 aromatic rings. The fraction of sp³-hybridized carbons (Fsp3) is 0.423. The van der Waals surface area contributed by atoms with Gasteiger partial charge in [0.15, 0.2) is 0 Å². The van der Waals surface area contributed by atoms with Crippen LogP contribution < -0.4 is 10.6 Å². The minimum absolute atomic E-state index is 0.0595. The van der Waals surface area contributed by atoms with Gasteiger partial charge in [-0.3, -0.25) is 9.59 Å². The number of carbonyl (C=O) groups is 3. The summed E-state index contributed by atoms with van der Waals surface area (Å²) < 4.78 is 0. The number of nitrogens with one attached hydrogen (secondary N) is 2. The summed E-state index contributed by atoms with van der Waals surface area (Å²) in [6.45, 7) is 1.62. The molecule has 4 saturated carbocycles. The number of aryl methyl sites for hydroxylation is 1. The first-order valence-corrected chi connectivity index (χ1v) is 11.9. The van der Waals surface area contributed by atoms with E-state index >= 15 is 0 Å². The standard InChI is InChI=1S/C26H27ClN2O4/c1-14-6-19(27)10-21(25(32)33)22(14)29-24(31)23(30)28-20-4-2-18(3-5-20)26-11-15-7-16(12-26)9-17(8-15)13-26/h2-6,10,15-17H,7-9,11-13H2,1H3,(H,28,30)(H,29,31)(H,32,33). The lowest BCUT2D eigenvalue weighted by atomic mass is 9.48. The lowest BCUT2D eigenvalue weighted by Gasteiger charge is -2.57. The molecule has 0 aromatic heterocycles. The summed E-state index contributed by atoms with van der Waals surface area (Å²) in [5, 5.41) is 14.7. The number of anilines is 2. The number of amides is 2. The van der Waals surface area contributed by atoms with Crippen LogP contribution in [0, 0.1) is 24.7 Å². The van der Waals surface area contributed by atoms with Crippen LogP contribution in [0.15, 0.2) is 36.4 Å². The molecule has 6 nitrogen and oxygen atoms in total. The third kappa shape index (κ3) is 4.12. The lowest BCUT2D eigenvalue weighted by Crippen LogP contribution is -2.48. The topological polar surface area (TPSA) is 95.5 Å². The summed E-state index contributed by atoms with van der Waals surface area (Å²) in [6, 6.07) is 10.7. The Morgan fingerprint density at radius 3 is 2.00 bits per heavy atom. The van der Waals surface area contributed by atoms with Crippen molar-refractivity contribution in [3.8, 4) is 0 Å². The Labute approximate surface area is 197 Å². The molecule has 3 N–H and O–H groups in total. The van der Waals surface area contributed by atoms with Crippen LogP contribution in [-0.2, 0) is 15.0 Å². The van der Waals surface area contributed by atoms with Gasteiger partial charge in [-0.1, -0.05) is 23.7 Å². The average Bonchev–Trinajstić information content (AvgIpc) is 2.74. The molecule has 4 aliphatic carbocycles. The molecule has 0 heterocycles. The zero-order valence-electron chi connectivity index (χ0n) is 18.5. The highest BCUT2D eigenvalue weighted by molar-refractivity contribution is 6.44. The summed E-state index contributed by atoms with van der Waals surface area (Å²) in [5.41, 5.74) is 2.50. The summed E-state index contributed by atoms with van der Waals surface area (Å²) in [6.07, 6.45) is 7.95. The van der Waals surface area contributed by atoms with Gasteiger partial charge in [0.05, 0.1) is 11.3 Å². The molecule has 7 heteroatoms. The highest BCUT2D eigenvalue weighted by Crippen LogP contribution is 2.60. The summed E-state index contributed by atoms with van der Waals surface area (Å²) >= 11 is 5.93. The van der Waals surface area contributed by atoms with E-state index in [1.807, 2.05) is 12.1 Å². The van der Waals surface area contributed by atoms with E-state index in [2.05, 4.69) is 22.8 Å². The van der Waals surface area contributed by atoms with Crippen molar-refractivity contribution in [3.05, 3.63) is 58.1 Å². The number of carbonyl (C=O) groups excluding carboxylic acids is 2. The number of hydrogen-bond donors (Lipinski definition) is 3. The average molecular weight is 467 g/mol. The van der Waals surface area contributed by atoms with E-state index in [1.165, 1.54) is 56.2 Å².